The second-order valence-electron chi connectivity index (χ2n) is 5.54. The monoisotopic (exact) mass is 309 g/mol. The molecule has 0 bridgehead atoms. The average molecular weight is 309 g/mol. The van der Waals surface area contributed by atoms with Gasteiger partial charge in [-0.1, -0.05) is 42.5 Å². The molecule has 0 saturated heterocycles. The Balaban J connectivity index is 1.63. The molecule has 23 heavy (non-hydrogen) atoms. The fourth-order valence-electron chi connectivity index (χ4n) is 2.80. The summed E-state index contributed by atoms with van der Waals surface area (Å²) in [7, 11) is 0. The van der Waals surface area contributed by atoms with Crippen LogP contribution in [0.4, 0.5) is 5.69 Å². The third-order valence-corrected chi connectivity index (χ3v) is 4.01. The highest BCUT2D eigenvalue weighted by molar-refractivity contribution is 6.40. The van der Waals surface area contributed by atoms with E-state index in [9.17, 15) is 9.59 Å². The fraction of sp³-hybridized carbons (Fsp3) is 0.222. The molecule has 0 unspecified atom stereocenters. The Bertz CT molecular complexity index is 743. The summed E-state index contributed by atoms with van der Waals surface area (Å²) in [4.78, 5) is 26.0. The van der Waals surface area contributed by atoms with Crippen LogP contribution in [0.3, 0.4) is 0 Å². The smallest absolute Gasteiger partial charge is 0.316 e. The van der Waals surface area contributed by atoms with Crippen LogP contribution in [-0.2, 0) is 29.1 Å². The summed E-state index contributed by atoms with van der Waals surface area (Å²) < 4.78 is 0. The number of para-hydroxylation sites is 1. The van der Waals surface area contributed by atoms with Crippen LogP contribution < -0.4 is 16.0 Å². The molecule has 5 nitrogen and oxygen atoms in total. The van der Waals surface area contributed by atoms with Gasteiger partial charge in [0.05, 0.1) is 0 Å². The van der Waals surface area contributed by atoms with Gasteiger partial charge in [-0.05, 0) is 29.2 Å². The second kappa shape index (κ2) is 6.62. The molecule has 0 fully saturated rings. The first-order chi connectivity index (χ1) is 11.2. The quantitative estimate of drug-likeness (QED) is 0.840. The minimum atomic E-state index is -0.583. The Labute approximate surface area is 135 Å². The number of benzene rings is 2. The van der Waals surface area contributed by atoms with Gasteiger partial charge in [-0.3, -0.25) is 9.59 Å². The fourth-order valence-corrected chi connectivity index (χ4v) is 2.80. The lowest BCUT2D eigenvalue weighted by Crippen LogP contribution is -2.42. The van der Waals surface area contributed by atoms with Crippen LogP contribution >= 0.6 is 0 Å². The molecule has 0 atom stereocenters. The largest absolute Gasteiger partial charge is 0.344 e. The van der Waals surface area contributed by atoms with Crippen molar-refractivity contribution in [3.8, 4) is 0 Å². The molecule has 1 heterocycles. The van der Waals surface area contributed by atoms with E-state index in [2.05, 4.69) is 5.32 Å². The predicted molar refractivity (Wildman–Crippen MR) is 88.7 cm³/mol. The molecule has 0 saturated carbocycles. The Morgan fingerprint density at radius 1 is 1.09 bits per heavy atom. The van der Waals surface area contributed by atoms with E-state index < -0.39 is 11.8 Å². The van der Waals surface area contributed by atoms with Crippen LogP contribution in [0.15, 0.2) is 48.5 Å². The highest BCUT2D eigenvalue weighted by atomic mass is 16.2. The normalized spacial score (nSPS) is 12.8. The number of rotatable bonds is 3. The van der Waals surface area contributed by atoms with E-state index in [1.165, 1.54) is 0 Å². The van der Waals surface area contributed by atoms with Crippen molar-refractivity contribution >= 4 is 17.5 Å². The zero-order chi connectivity index (χ0) is 16.2. The molecule has 0 aliphatic carbocycles. The first-order valence-electron chi connectivity index (χ1n) is 7.64. The van der Waals surface area contributed by atoms with Gasteiger partial charge in [0.15, 0.2) is 0 Å². The highest BCUT2D eigenvalue weighted by Crippen LogP contribution is 2.27. The number of carbonyl (C=O) groups excluding carboxylic acids is 2. The summed E-state index contributed by atoms with van der Waals surface area (Å²) in [6.07, 6.45) is 0.785. The number of nitrogens with two attached hydrogens (primary N) is 1. The molecule has 3 rings (SSSR count). The summed E-state index contributed by atoms with van der Waals surface area (Å²) in [5.74, 6) is -1.09. The zero-order valence-corrected chi connectivity index (χ0v) is 12.8. The predicted octanol–water partition coefficient (Wildman–Crippen LogP) is 1.35. The maximum absolute atomic E-state index is 12.3. The van der Waals surface area contributed by atoms with Crippen molar-refractivity contribution in [1.29, 1.82) is 0 Å². The maximum Gasteiger partial charge on any atom is 0.316 e. The van der Waals surface area contributed by atoms with Crippen molar-refractivity contribution in [3.63, 3.8) is 0 Å². The summed E-state index contributed by atoms with van der Waals surface area (Å²) in [5, 5.41) is 2.69. The van der Waals surface area contributed by atoms with E-state index in [1.807, 2.05) is 48.5 Å². The molecule has 0 spiro atoms. The Morgan fingerprint density at radius 2 is 1.87 bits per heavy atom. The number of fused-ring (bicyclic) bond motifs is 1. The van der Waals surface area contributed by atoms with E-state index in [4.69, 9.17) is 5.73 Å². The number of hydrogen-bond donors (Lipinski definition) is 2. The third kappa shape index (κ3) is 3.24. The van der Waals surface area contributed by atoms with E-state index in [0.717, 1.165) is 28.8 Å². The van der Waals surface area contributed by atoms with Gasteiger partial charge in [0.25, 0.3) is 0 Å². The highest BCUT2D eigenvalue weighted by Gasteiger charge is 2.28. The lowest BCUT2D eigenvalue weighted by atomic mass is 10.1. The SMILES string of the molecule is NCc1cccc(CNC(=O)C(=O)N2CCc3ccccc32)c1. The topological polar surface area (TPSA) is 75.4 Å². The first-order valence-corrected chi connectivity index (χ1v) is 7.64. The Morgan fingerprint density at radius 3 is 2.70 bits per heavy atom. The number of nitrogens with zero attached hydrogens (tertiary/aromatic N) is 1. The van der Waals surface area contributed by atoms with Crippen molar-refractivity contribution in [3.05, 3.63) is 65.2 Å². The molecule has 118 valence electrons. The molecular formula is C18H19N3O2. The maximum atomic E-state index is 12.3. The minimum Gasteiger partial charge on any atom is -0.344 e. The van der Waals surface area contributed by atoms with Gasteiger partial charge < -0.3 is 16.0 Å². The molecule has 2 aromatic rings. The second-order valence-corrected chi connectivity index (χ2v) is 5.54. The summed E-state index contributed by atoms with van der Waals surface area (Å²) in [6.45, 7) is 1.31. The lowest BCUT2D eigenvalue weighted by Gasteiger charge is -2.16. The van der Waals surface area contributed by atoms with Crippen LogP contribution in [-0.4, -0.2) is 18.4 Å². The summed E-state index contributed by atoms with van der Waals surface area (Å²) in [6, 6.07) is 15.3. The average Bonchev–Trinajstić information content (AvgIpc) is 3.03. The van der Waals surface area contributed by atoms with Crippen molar-refractivity contribution in [1.82, 2.24) is 5.32 Å². The van der Waals surface area contributed by atoms with Gasteiger partial charge in [-0.15, -0.1) is 0 Å². The van der Waals surface area contributed by atoms with Gasteiger partial charge in [0, 0.05) is 25.3 Å². The zero-order valence-electron chi connectivity index (χ0n) is 12.8. The van der Waals surface area contributed by atoms with Gasteiger partial charge in [-0.25, -0.2) is 0 Å². The van der Waals surface area contributed by atoms with Crippen molar-refractivity contribution < 1.29 is 9.59 Å². The number of hydrogen-bond acceptors (Lipinski definition) is 3. The summed E-state index contributed by atoms with van der Waals surface area (Å²) in [5.41, 5.74) is 9.46. The van der Waals surface area contributed by atoms with Crippen LogP contribution in [0.2, 0.25) is 0 Å². The van der Waals surface area contributed by atoms with Gasteiger partial charge in [0.2, 0.25) is 0 Å². The molecule has 0 aromatic heterocycles. The molecular weight excluding hydrogens is 290 g/mol. The molecule has 0 radical (unpaired) electrons. The van der Waals surface area contributed by atoms with E-state index in [-0.39, 0.29) is 0 Å². The van der Waals surface area contributed by atoms with E-state index in [1.54, 1.807) is 4.90 Å². The standard InChI is InChI=1S/C18H19N3O2/c19-11-13-4-3-5-14(10-13)12-20-17(22)18(23)21-9-8-15-6-1-2-7-16(15)21/h1-7,10H,8-9,11-12,19H2,(H,20,22). The van der Waals surface area contributed by atoms with Crippen LogP contribution in [0, 0.1) is 0 Å². The molecule has 1 aliphatic heterocycles. The first kappa shape index (κ1) is 15.2. The molecule has 2 amide bonds. The van der Waals surface area contributed by atoms with Gasteiger partial charge in [-0.2, -0.15) is 0 Å². The molecule has 2 aromatic carbocycles. The number of carbonyl (C=O) groups is 2. The number of anilines is 1. The van der Waals surface area contributed by atoms with Crippen LogP contribution in [0.5, 0.6) is 0 Å². The third-order valence-electron chi connectivity index (χ3n) is 4.01. The Kier molecular flexibility index (Phi) is 4.39. The summed E-state index contributed by atoms with van der Waals surface area (Å²) >= 11 is 0. The minimum absolute atomic E-state index is 0.313. The van der Waals surface area contributed by atoms with Crippen molar-refractivity contribution in [2.45, 2.75) is 19.5 Å². The number of amides is 2. The molecule has 5 heteroatoms. The van der Waals surface area contributed by atoms with Gasteiger partial charge in [0.1, 0.15) is 0 Å². The van der Waals surface area contributed by atoms with Crippen molar-refractivity contribution in [2.75, 3.05) is 11.4 Å². The van der Waals surface area contributed by atoms with Crippen LogP contribution in [0.25, 0.3) is 0 Å². The lowest BCUT2D eigenvalue weighted by molar-refractivity contribution is -0.137. The molecule has 1 aliphatic rings. The number of nitrogens with one attached hydrogen (secondary N) is 1. The van der Waals surface area contributed by atoms with E-state index >= 15 is 0 Å². The van der Waals surface area contributed by atoms with Gasteiger partial charge >= 0.3 is 11.8 Å². The molecule has 3 N–H and O–H groups in total. The van der Waals surface area contributed by atoms with Crippen LogP contribution in [0.1, 0.15) is 16.7 Å². The van der Waals surface area contributed by atoms with E-state index in [0.29, 0.717) is 19.6 Å². The van der Waals surface area contributed by atoms with Crippen molar-refractivity contribution in [2.24, 2.45) is 5.73 Å². The Hall–Kier alpha value is -2.66.